The Hall–Kier alpha value is -2.34. The Morgan fingerprint density at radius 2 is 2.09 bits per heavy atom. The zero-order valence-electron chi connectivity index (χ0n) is 12.0. The molecule has 0 spiro atoms. The maximum absolute atomic E-state index is 11.9. The van der Waals surface area contributed by atoms with E-state index in [4.69, 9.17) is 9.15 Å². The molecule has 0 fully saturated rings. The lowest BCUT2D eigenvalue weighted by Gasteiger charge is -2.14. The quantitative estimate of drug-likeness (QED) is 0.621. The largest absolute Gasteiger partial charge is 0.459 e. The lowest BCUT2D eigenvalue weighted by molar-refractivity contribution is -0.130. The van der Waals surface area contributed by atoms with Crippen molar-refractivity contribution in [1.82, 2.24) is 0 Å². The molecule has 0 unspecified atom stereocenters. The van der Waals surface area contributed by atoms with E-state index in [1.807, 2.05) is 37.2 Å². The van der Waals surface area contributed by atoms with Gasteiger partial charge in [-0.2, -0.15) is 0 Å². The first-order valence-electron chi connectivity index (χ1n) is 6.58. The second kappa shape index (κ2) is 5.81. The van der Waals surface area contributed by atoms with Crippen LogP contribution in [0.2, 0.25) is 0 Å². The van der Waals surface area contributed by atoms with Crippen molar-refractivity contribution in [3.05, 3.63) is 58.1 Å². The number of hydrogen-bond donors (Lipinski definition) is 0. The van der Waals surface area contributed by atoms with Crippen molar-refractivity contribution in [3.63, 3.8) is 0 Å². The summed E-state index contributed by atoms with van der Waals surface area (Å²) in [4.78, 5) is 18.1. The number of halogens is 1. The molecule has 3 rings (SSSR count). The first kappa shape index (κ1) is 14.6. The molecule has 0 saturated heterocycles. The number of cyclic esters (lactones) is 1. The van der Waals surface area contributed by atoms with Crippen LogP contribution in [0.4, 0.5) is 5.69 Å². The van der Waals surface area contributed by atoms with Crippen molar-refractivity contribution in [1.29, 1.82) is 0 Å². The van der Waals surface area contributed by atoms with Crippen LogP contribution in [-0.2, 0) is 9.53 Å². The molecular formula is C16H13BrN2O3. The fourth-order valence-corrected chi connectivity index (χ4v) is 2.80. The molecule has 1 aliphatic heterocycles. The van der Waals surface area contributed by atoms with E-state index >= 15 is 0 Å². The minimum Gasteiger partial charge on any atom is -0.459 e. The third-order valence-electron chi connectivity index (χ3n) is 3.11. The summed E-state index contributed by atoms with van der Waals surface area (Å²) in [6.07, 6.45) is 3.19. The van der Waals surface area contributed by atoms with Crippen molar-refractivity contribution >= 4 is 39.6 Å². The molecule has 0 amide bonds. The van der Waals surface area contributed by atoms with Crippen LogP contribution < -0.4 is 4.90 Å². The van der Waals surface area contributed by atoms with Gasteiger partial charge in [0.25, 0.3) is 5.90 Å². The van der Waals surface area contributed by atoms with Gasteiger partial charge in [-0.15, -0.1) is 0 Å². The van der Waals surface area contributed by atoms with E-state index in [1.54, 1.807) is 18.2 Å². The van der Waals surface area contributed by atoms with Crippen molar-refractivity contribution in [2.45, 2.75) is 0 Å². The Morgan fingerprint density at radius 1 is 1.27 bits per heavy atom. The highest BCUT2D eigenvalue weighted by molar-refractivity contribution is 9.10. The van der Waals surface area contributed by atoms with Crippen molar-refractivity contribution < 1.29 is 13.9 Å². The Balaban J connectivity index is 1.92. The number of furan rings is 1. The van der Waals surface area contributed by atoms with Crippen LogP contribution in [0.25, 0.3) is 6.08 Å². The van der Waals surface area contributed by atoms with E-state index in [0.717, 1.165) is 15.7 Å². The minimum absolute atomic E-state index is 0.185. The molecule has 0 atom stereocenters. The molecular weight excluding hydrogens is 348 g/mol. The predicted octanol–water partition coefficient (Wildman–Crippen LogP) is 3.45. The Morgan fingerprint density at radius 3 is 2.73 bits per heavy atom. The zero-order chi connectivity index (χ0) is 15.7. The van der Waals surface area contributed by atoms with Crippen LogP contribution in [0, 0.1) is 0 Å². The molecule has 1 aliphatic rings. The topological polar surface area (TPSA) is 55.0 Å². The van der Waals surface area contributed by atoms with Crippen molar-refractivity contribution in [2.24, 2.45) is 4.99 Å². The highest BCUT2D eigenvalue weighted by Crippen LogP contribution is 2.27. The molecule has 1 aromatic carbocycles. The highest BCUT2D eigenvalue weighted by atomic mass is 79.9. The van der Waals surface area contributed by atoms with Gasteiger partial charge in [-0.25, -0.2) is 9.79 Å². The van der Waals surface area contributed by atoms with Gasteiger partial charge in [-0.3, -0.25) is 0 Å². The van der Waals surface area contributed by atoms with E-state index in [2.05, 4.69) is 20.9 Å². The molecule has 0 aliphatic carbocycles. The van der Waals surface area contributed by atoms with E-state index in [0.29, 0.717) is 5.76 Å². The molecule has 2 heterocycles. The number of benzene rings is 1. The number of rotatable bonds is 3. The van der Waals surface area contributed by atoms with E-state index < -0.39 is 5.97 Å². The first-order chi connectivity index (χ1) is 10.5. The molecule has 6 heteroatoms. The van der Waals surface area contributed by atoms with Crippen LogP contribution in [0.15, 0.2) is 56.2 Å². The van der Waals surface area contributed by atoms with Crippen LogP contribution in [0.1, 0.15) is 11.3 Å². The summed E-state index contributed by atoms with van der Waals surface area (Å²) in [6.45, 7) is 0. The van der Waals surface area contributed by atoms with Crippen LogP contribution in [0.5, 0.6) is 0 Å². The number of ether oxygens (including phenoxy) is 1. The summed E-state index contributed by atoms with van der Waals surface area (Å²) in [6, 6.07) is 9.21. The van der Waals surface area contributed by atoms with Gasteiger partial charge in [0, 0.05) is 18.6 Å². The lowest BCUT2D eigenvalue weighted by atomic mass is 10.1. The van der Waals surface area contributed by atoms with Gasteiger partial charge in [0.1, 0.15) is 0 Å². The summed E-state index contributed by atoms with van der Waals surface area (Å²) in [5.41, 5.74) is 2.15. The van der Waals surface area contributed by atoms with Crippen LogP contribution in [-0.4, -0.2) is 26.0 Å². The number of hydrogen-bond acceptors (Lipinski definition) is 5. The number of esters is 1. The van der Waals surface area contributed by atoms with Crippen LogP contribution in [0.3, 0.4) is 0 Å². The Labute approximate surface area is 136 Å². The molecule has 0 bridgehead atoms. The Kier molecular flexibility index (Phi) is 3.85. The van der Waals surface area contributed by atoms with Gasteiger partial charge >= 0.3 is 5.97 Å². The highest BCUT2D eigenvalue weighted by Gasteiger charge is 2.25. The molecule has 0 saturated carbocycles. The number of aliphatic imine (C=N–C) groups is 1. The third-order valence-corrected chi connectivity index (χ3v) is 3.74. The first-order valence-corrected chi connectivity index (χ1v) is 7.37. The fraction of sp³-hybridized carbons (Fsp3) is 0.125. The Bertz CT molecular complexity index is 777. The second-order valence-electron chi connectivity index (χ2n) is 4.92. The molecule has 0 N–H and O–H groups in total. The lowest BCUT2D eigenvalue weighted by Crippen LogP contribution is -2.09. The van der Waals surface area contributed by atoms with E-state index in [1.165, 1.54) is 6.26 Å². The standard InChI is InChI=1S/C16H13BrN2O3/c1-19(2)13-6-5-10(8-11(13)17)9-12-16(20)22-15(18-12)14-4-3-7-21-14/h3-9H,1-2H3. The third kappa shape index (κ3) is 2.82. The number of nitrogens with zero attached hydrogens (tertiary/aromatic N) is 2. The molecule has 2 aromatic rings. The maximum Gasteiger partial charge on any atom is 0.363 e. The van der Waals surface area contributed by atoms with Crippen molar-refractivity contribution in [2.75, 3.05) is 19.0 Å². The van der Waals surface area contributed by atoms with Gasteiger partial charge < -0.3 is 14.1 Å². The monoisotopic (exact) mass is 360 g/mol. The van der Waals surface area contributed by atoms with Gasteiger partial charge in [-0.1, -0.05) is 6.07 Å². The van der Waals surface area contributed by atoms with Gasteiger partial charge in [0.2, 0.25) is 0 Å². The molecule has 5 nitrogen and oxygen atoms in total. The number of carbonyl (C=O) groups excluding carboxylic acids is 1. The van der Waals surface area contributed by atoms with Gasteiger partial charge in [-0.05, 0) is 51.8 Å². The second-order valence-corrected chi connectivity index (χ2v) is 5.77. The predicted molar refractivity (Wildman–Crippen MR) is 87.8 cm³/mol. The summed E-state index contributed by atoms with van der Waals surface area (Å²) >= 11 is 3.52. The molecule has 0 radical (unpaired) electrons. The number of anilines is 1. The summed E-state index contributed by atoms with van der Waals surface area (Å²) in [5, 5.41) is 0. The molecule has 112 valence electrons. The zero-order valence-corrected chi connectivity index (χ0v) is 13.6. The van der Waals surface area contributed by atoms with E-state index in [9.17, 15) is 4.79 Å². The number of carbonyl (C=O) groups is 1. The van der Waals surface area contributed by atoms with Crippen molar-refractivity contribution in [3.8, 4) is 0 Å². The van der Waals surface area contributed by atoms with Gasteiger partial charge in [0.05, 0.1) is 12.0 Å². The fourth-order valence-electron chi connectivity index (χ4n) is 2.05. The average Bonchev–Trinajstić information content (AvgIpc) is 3.09. The summed E-state index contributed by atoms with van der Waals surface area (Å²) in [7, 11) is 3.93. The van der Waals surface area contributed by atoms with Gasteiger partial charge in [0.15, 0.2) is 11.5 Å². The summed E-state index contributed by atoms with van der Waals surface area (Å²) < 4.78 is 11.2. The minimum atomic E-state index is -0.487. The normalized spacial score (nSPS) is 15.9. The average molecular weight is 361 g/mol. The molecule has 22 heavy (non-hydrogen) atoms. The summed E-state index contributed by atoms with van der Waals surface area (Å²) in [5.74, 6) is 0.130. The smallest absolute Gasteiger partial charge is 0.363 e. The molecule has 1 aromatic heterocycles. The maximum atomic E-state index is 11.9. The van der Waals surface area contributed by atoms with E-state index in [-0.39, 0.29) is 11.6 Å². The SMILES string of the molecule is CN(C)c1ccc(C=C2N=C(c3ccco3)OC2=O)cc1Br. The van der Waals surface area contributed by atoms with Crippen LogP contribution >= 0.6 is 15.9 Å².